The van der Waals surface area contributed by atoms with Gasteiger partial charge < -0.3 is 33.2 Å². The smallest absolute Gasteiger partial charge is 0.431 e. The number of hydrogen-bond donors (Lipinski definition) is 0. The maximum absolute atomic E-state index is 13.9. The van der Waals surface area contributed by atoms with E-state index in [1.807, 2.05) is 0 Å². The van der Waals surface area contributed by atoms with Gasteiger partial charge in [0.2, 0.25) is 0 Å². The Balaban J connectivity index is 2.05. The molecule has 0 amide bonds. The van der Waals surface area contributed by atoms with E-state index in [1.165, 1.54) is 19.1 Å². The van der Waals surface area contributed by atoms with E-state index in [2.05, 4.69) is 0 Å². The average Bonchev–Trinajstić information content (AvgIpc) is 3.28. The zero-order valence-electron chi connectivity index (χ0n) is 31.2. The highest BCUT2D eigenvalue weighted by Crippen LogP contribution is 2.35. The maximum atomic E-state index is 13.9. The first-order chi connectivity index (χ1) is 23.8. The topological polar surface area (TPSA) is 203 Å². The number of carbonyl (C=O) groups is 3. The summed E-state index contributed by atoms with van der Waals surface area (Å²) >= 11 is 0. The Morgan fingerprint density at radius 2 is 1.27 bits per heavy atom. The minimum absolute atomic E-state index is 0.00123. The van der Waals surface area contributed by atoms with E-state index < -0.39 is 101 Å². The number of aryl methyl sites for hydroxylation is 2. The highest BCUT2D eigenvalue weighted by atomic mass is 32.2. The molecule has 0 bridgehead atoms. The van der Waals surface area contributed by atoms with Gasteiger partial charge in [-0.1, -0.05) is 17.7 Å². The lowest BCUT2D eigenvalue weighted by Crippen LogP contribution is -2.47. The molecule has 0 radical (unpaired) electrons. The Bertz CT molecular complexity index is 1830. The molecule has 1 aromatic carbocycles. The lowest BCUT2D eigenvalue weighted by Gasteiger charge is -2.28. The molecule has 1 aliphatic rings. The molecule has 52 heavy (non-hydrogen) atoms. The molecular weight excluding hydrogens is 708 g/mol. The summed E-state index contributed by atoms with van der Waals surface area (Å²) in [6, 6.07) is 5.89. The largest absolute Gasteiger partial charge is 0.509 e. The number of aromatic nitrogens is 2. The fraction of sp³-hybridized carbons (Fsp3) is 0.618. The van der Waals surface area contributed by atoms with Crippen molar-refractivity contribution in [1.82, 2.24) is 9.13 Å². The van der Waals surface area contributed by atoms with Gasteiger partial charge in [0.15, 0.2) is 18.4 Å². The normalized spacial score (nSPS) is 19.4. The standard InChI is InChI=1S/C34H48N2O15S/c1-20-12-14-22(15-13-20)52(42,43)45-17-16-35-26(37)21(2)18-36(28(35)38)27-25(48-31(41)51-34(9,10)11)24(47-30(40)50-33(6,7)8)23(46-27)19-44-29(39)49-32(3,4)5/h12-15,18,23-25,27H,16-17,19H2,1-11H3/t23-,24?,25?,27-/m1/s1. The van der Waals surface area contributed by atoms with Crippen LogP contribution in [0.15, 0.2) is 44.9 Å². The lowest BCUT2D eigenvalue weighted by atomic mass is 10.1. The Labute approximate surface area is 302 Å². The summed E-state index contributed by atoms with van der Waals surface area (Å²) in [6.45, 7) is 15.8. The van der Waals surface area contributed by atoms with Gasteiger partial charge in [-0.25, -0.2) is 19.2 Å². The minimum atomic E-state index is -4.24. The molecular formula is C34H48N2O15S. The summed E-state index contributed by atoms with van der Waals surface area (Å²) in [7, 11) is -4.24. The third-order valence-corrected chi connectivity index (χ3v) is 8.11. The van der Waals surface area contributed by atoms with Gasteiger partial charge in [-0.05, 0) is 88.3 Å². The van der Waals surface area contributed by atoms with Gasteiger partial charge in [0.05, 0.1) is 18.0 Å². The van der Waals surface area contributed by atoms with Gasteiger partial charge >= 0.3 is 24.2 Å². The maximum Gasteiger partial charge on any atom is 0.509 e. The molecule has 0 saturated carbocycles. The zero-order chi connectivity index (χ0) is 39.4. The third kappa shape index (κ3) is 12.1. The van der Waals surface area contributed by atoms with E-state index >= 15 is 0 Å². The van der Waals surface area contributed by atoms with Crippen molar-refractivity contribution in [3.05, 3.63) is 62.4 Å². The Morgan fingerprint density at radius 3 is 1.79 bits per heavy atom. The molecule has 2 aromatic rings. The van der Waals surface area contributed by atoms with Gasteiger partial charge in [-0.15, -0.1) is 0 Å². The molecule has 0 N–H and O–H groups in total. The van der Waals surface area contributed by atoms with Crippen molar-refractivity contribution in [3.63, 3.8) is 0 Å². The van der Waals surface area contributed by atoms with Crippen molar-refractivity contribution in [2.75, 3.05) is 13.2 Å². The predicted octanol–water partition coefficient (Wildman–Crippen LogP) is 4.52. The fourth-order valence-corrected chi connectivity index (χ4v) is 5.58. The van der Waals surface area contributed by atoms with Gasteiger partial charge in [-0.3, -0.25) is 18.1 Å². The van der Waals surface area contributed by atoms with E-state index in [9.17, 15) is 32.4 Å². The second-order valence-corrected chi connectivity index (χ2v) is 16.6. The first kappa shape index (κ1) is 42.0. The predicted molar refractivity (Wildman–Crippen MR) is 182 cm³/mol. The number of hydrogen-bond acceptors (Lipinski definition) is 15. The van der Waals surface area contributed by atoms with Crippen LogP contribution in [0.2, 0.25) is 0 Å². The van der Waals surface area contributed by atoms with Gasteiger partial charge in [0.25, 0.3) is 15.7 Å². The Hall–Kier alpha value is -4.42. The van der Waals surface area contributed by atoms with Crippen LogP contribution in [0.4, 0.5) is 14.4 Å². The highest BCUT2D eigenvalue weighted by molar-refractivity contribution is 7.86. The molecule has 290 valence electrons. The number of nitrogens with zero attached hydrogens (tertiary/aromatic N) is 2. The Morgan fingerprint density at radius 1 is 0.769 bits per heavy atom. The summed E-state index contributed by atoms with van der Waals surface area (Å²) in [4.78, 5) is 65.4. The molecule has 1 saturated heterocycles. The summed E-state index contributed by atoms with van der Waals surface area (Å²) in [5.41, 5.74) is -3.95. The monoisotopic (exact) mass is 756 g/mol. The summed E-state index contributed by atoms with van der Waals surface area (Å²) in [5.74, 6) is 0. The molecule has 1 aliphatic heterocycles. The van der Waals surface area contributed by atoms with Crippen LogP contribution in [0.3, 0.4) is 0 Å². The van der Waals surface area contributed by atoms with Crippen LogP contribution in [0.1, 0.15) is 79.7 Å². The number of rotatable bonds is 10. The van der Waals surface area contributed by atoms with E-state index in [0.29, 0.717) is 4.57 Å². The van der Waals surface area contributed by atoms with E-state index in [-0.39, 0.29) is 10.5 Å². The lowest BCUT2D eigenvalue weighted by molar-refractivity contribution is -0.0883. The first-order valence-corrected chi connectivity index (χ1v) is 17.8. The van der Waals surface area contributed by atoms with E-state index in [0.717, 1.165) is 16.3 Å². The fourth-order valence-electron chi connectivity index (χ4n) is 4.68. The SMILES string of the molecule is Cc1ccc(S(=O)(=O)OCCn2c(=O)c(C)cn([C@@H]3O[C@H](COC(=O)OC(C)(C)C)C(OC(=O)OC(C)(C)C)C3OC(=O)OC(C)(C)C)c2=O)cc1. The molecule has 1 fully saturated rings. The molecule has 3 rings (SSSR count). The van der Waals surface area contributed by atoms with Crippen LogP contribution in [0, 0.1) is 13.8 Å². The zero-order valence-corrected chi connectivity index (χ0v) is 32.1. The Kier molecular flexibility index (Phi) is 13.0. The van der Waals surface area contributed by atoms with Crippen molar-refractivity contribution < 1.29 is 60.1 Å². The summed E-state index contributed by atoms with van der Waals surface area (Å²) < 4.78 is 70.6. The van der Waals surface area contributed by atoms with Gasteiger partial charge in [-0.2, -0.15) is 8.42 Å². The van der Waals surface area contributed by atoms with Crippen molar-refractivity contribution in [3.8, 4) is 0 Å². The second-order valence-electron chi connectivity index (χ2n) is 15.0. The molecule has 2 unspecified atom stereocenters. The molecule has 0 aliphatic carbocycles. The average molecular weight is 757 g/mol. The van der Waals surface area contributed by atoms with Crippen LogP contribution in [-0.2, 0) is 54.0 Å². The molecule has 17 nitrogen and oxygen atoms in total. The summed E-state index contributed by atoms with van der Waals surface area (Å²) in [5, 5.41) is 0. The van der Waals surface area contributed by atoms with Crippen LogP contribution >= 0.6 is 0 Å². The summed E-state index contributed by atoms with van der Waals surface area (Å²) in [6.07, 6.45) is -8.66. The quantitative estimate of drug-likeness (QED) is 0.186. The third-order valence-electron chi connectivity index (χ3n) is 6.79. The van der Waals surface area contributed by atoms with Crippen molar-refractivity contribution in [2.24, 2.45) is 0 Å². The van der Waals surface area contributed by atoms with Crippen LogP contribution < -0.4 is 11.2 Å². The molecule has 18 heteroatoms. The van der Waals surface area contributed by atoms with E-state index in [1.54, 1.807) is 81.4 Å². The van der Waals surface area contributed by atoms with Crippen LogP contribution in [0.25, 0.3) is 0 Å². The van der Waals surface area contributed by atoms with Crippen molar-refractivity contribution in [2.45, 2.75) is 129 Å². The van der Waals surface area contributed by atoms with E-state index in [4.69, 9.17) is 37.3 Å². The molecule has 0 spiro atoms. The van der Waals surface area contributed by atoms with Crippen LogP contribution in [-0.4, -0.2) is 84.3 Å². The van der Waals surface area contributed by atoms with Gasteiger partial charge in [0.1, 0.15) is 29.5 Å². The first-order valence-electron chi connectivity index (χ1n) is 16.4. The molecule has 4 atom stereocenters. The number of ether oxygens (including phenoxy) is 7. The number of carbonyl (C=O) groups excluding carboxylic acids is 3. The minimum Gasteiger partial charge on any atom is -0.431 e. The van der Waals surface area contributed by atoms with Gasteiger partial charge in [0, 0.05) is 11.8 Å². The van der Waals surface area contributed by atoms with Crippen molar-refractivity contribution in [1.29, 1.82) is 0 Å². The molecule has 1 aromatic heterocycles. The highest BCUT2D eigenvalue weighted by Gasteiger charge is 2.53. The van der Waals surface area contributed by atoms with Crippen molar-refractivity contribution >= 4 is 28.6 Å². The molecule has 2 heterocycles. The number of benzene rings is 1. The van der Waals surface area contributed by atoms with Crippen LogP contribution in [0.5, 0.6) is 0 Å². The second kappa shape index (κ2) is 16.1.